The second-order valence-electron chi connectivity index (χ2n) is 12.8. The predicted molar refractivity (Wildman–Crippen MR) is 169 cm³/mol. The van der Waals surface area contributed by atoms with E-state index in [0.717, 1.165) is 0 Å². The number of allylic oxidation sites excluding steroid dienone is 8. The second-order valence-corrected chi connectivity index (χ2v) is 12.8. The molecule has 0 bridgehead atoms. The summed E-state index contributed by atoms with van der Waals surface area (Å²) in [5, 5.41) is 24.5. The minimum atomic E-state index is -1.49. The van der Waals surface area contributed by atoms with Gasteiger partial charge in [-0.1, -0.05) is 62.5 Å². The number of carbonyl (C=O) groups is 3. The molecule has 3 aliphatic carbocycles. The Bertz CT molecular complexity index is 1650. The van der Waals surface area contributed by atoms with E-state index < -0.39 is 55.2 Å². The van der Waals surface area contributed by atoms with Crippen LogP contribution in [0.4, 0.5) is 10.6 Å². The highest BCUT2D eigenvalue weighted by Crippen LogP contribution is 2.51. The Morgan fingerprint density at radius 2 is 1.57 bits per heavy atom. The zero-order valence-corrected chi connectivity index (χ0v) is 26.3. The Labute approximate surface area is 271 Å². The number of ether oxygens (including phenoxy) is 3. The van der Waals surface area contributed by atoms with Crippen molar-refractivity contribution in [1.82, 2.24) is 19.9 Å². The summed E-state index contributed by atoms with van der Waals surface area (Å²) in [5.74, 6) is -0.347. The Hall–Kier alpha value is -4.53. The molecule has 14 nitrogen and oxygen atoms in total. The Balaban J connectivity index is 1.08. The molecular formula is C33H40N6O8. The normalized spacial score (nSPS) is 31.1. The van der Waals surface area contributed by atoms with Gasteiger partial charge in [0.25, 0.3) is 5.91 Å². The minimum Gasteiger partial charge on any atom is -0.461 e. The highest BCUT2D eigenvalue weighted by atomic mass is 16.6. The monoisotopic (exact) mass is 648 g/mol. The van der Waals surface area contributed by atoms with E-state index >= 15 is 0 Å². The number of anilines is 1. The summed E-state index contributed by atoms with van der Waals surface area (Å²) in [6.07, 6.45) is 12.2. The van der Waals surface area contributed by atoms with Gasteiger partial charge in [0, 0.05) is 12.1 Å². The number of nitrogens with two attached hydrogens (primary N) is 2. The molecule has 0 spiro atoms. The number of nitrogens with one attached hydrogen (secondary N) is 1. The van der Waals surface area contributed by atoms with Crippen molar-refractivity contribution in [2.24, 2.45) is 41.2 Å². The third kappa shape index (κ3) is 6.03. The maximum absolute atomic E-state index is 13.2. The lowest BCUT2D eigenvalue weighted by Gasteiger charge is -2.25. The summed E-state index contributed by atoms with van der Waals surface area (Å²) in [6, 6.07) is -1.05. The van der Waals surface area contributed by atoms with Gasteiger partial charge in [0.2, 0.25) is 0 Å². The van der Waals surface area contributed by atoms with Crippen molar-refractivity contribution in [3.05, 3.63) is 66.2 Å². The number of nitrogen functional groups attached to an aromatic ring is 1. The van der Waals surface area contributed by atoms with Crippen molar-refractivity contribution < 1.29 is 38.8 Å². The molecule has 1 saturated carbocycles. The largest absolute Gasteiger partial charge is 0.461 e. The van der Waals surface area contributed by atoms with Gasteiger partial charge in [-0.2, -0.15) is 0 Å². The number of aliphatic hydroxyl groups excluding tert-OH is 2. The van der Waals surface area contributed by atoms with E-state index in [-0.39, 0.29) is 52.7 Å². The molecule has 0 aromatic carbocycles. The summed E-state index contributed by atoms with van der Waals surface area (Å²) in [4.78, 5) is 46.6. The molecule has 47 heavy (non-hydrogen) atoms. The van der Waals surface area contributed by atoms with Gasteiger partial charge in [0.1, 0.15) is 48.3 Å². The number of aryl methyl sites for hydroxylation is 1. The number of amides is 2. The van der Waals surface area contributed by atoms with E-state index in [4.69, 9.17) is 25.7 Å². The number of fused-ring (bicyclic) bond motifs is 4. The predicted octanol–water partition coefficient (Wildman–Crippen LogP) is 1.68. The van der Waals surface area contributed by atoms with Crippen molar-refractivity contribution in [3.63, 3.8) is 0 Å². The number of hydrogen-bond acceptors (Lipinski definition) is 11. The van der Waals surface area contributed by atoms with E-state index in [2.05, 4.69) is 51.7 Å². The Kier molecular flexibility index (Phi) is 8.92. The first kappa shape index (κ1) is 32.4. The molecule has 1 aliphatic heterocycles. The van der Waals surface area contributed by atoms with Crippen LogP contribution in [0, 0.1) is 42.4 Å². The quantitative estimate of drug-likeness (QED) is 0.247. The van der Waals surface area contributed by atoms with Crippen LogP contribution >= 0.6 is 0 Å². The molecule has 9 atom stereocenters. The molecule has 4 aliphatic rings. The van der Waals surface area contributed by atoms with E-state index in [9.17, 15) is 24.6 Å². The van der Waals surface area contributed by atoms with Gasteiger partial charge in [-0.05, 0) is 36.5 Å². The molecule has 0 radical (unpaired) electrons. The van der Waals surface area contributed by atoms with Crippen LogP contribution in [0.15, 0.2) is 54.8 Å². The summed E-state index contributed by atoms with van der Waals surface area (Å²) in [7, 11) is 0. The highest BCUT2D eigenvalue weighted by Gasteiger charge is 2.48. The lowest BCUT2D eigenvalue weighted by molar-refractivity contribution is -0.153. The molecule has 250 valence electrons. The molecule has 2 amide bonds. The maximum Gasteiger partial charge on any atom is 0.407 e. The fourth-order valence-electron chi connectivity index (χ4n) is 7.25. The molecule has 4 unspecified atom stereocenters. The summed E-state index contributed by atoms with van der Waals surface area (Å²) >= 11 is 0. The molecule has 7 N–H and O–H groups in total. The van der Waals surface area contributed by atoms with Crippen LogP contribution in [-0.2, 0) is 19.0 Å². The van der Waals surface area contributed by atoms with Crippen LogP contribution in [0.1, 0.15) is 36.3 Å². The number of aliphatic hydroxyl groups is 2. The van der Waals surface area contributed by atoms with Crippen LogP contribution < -0.4 is 16.8 Å². The zero-order valence-electron chi connectivity index (χ0n) is 26.3. The van der Waals surface area contributed by atoms with Crippen molar-refractivity contribution in [2.45, 2.75) is 51.4 Å². The summed E-state index contributed by atoms with van der Waals surface area (Å²) in [5.41, 5.74) is 11.8. The van der Waals surface area contributed by atoms with Gasteiger partial charge in [-0.15, -0.1) is 0 Å². The first-order chi connectivity index (χ1) is 22.5. The summed E-state index contributed by atoms with van der Waals surface area (Å²) < 4.78 is 18.4. The Morgan fingerprint density at radius 1 is 0.957 bits per heavy atom. The first-order valence-electron chi connectivity index (χ1n) is 15.7. The van der Waals surface area contributed by atoms with Crippen LogP contribution in [-0.4, -0.2) is 80.3 Å². The standard InChI is InChI=1S/C33H40N6O8/c1-15(2)25(38-33(44)46-13-22-19-10-6-4-8-17(19)18-9-5-7-11-20(18)22)32(43)45-14-23-26(40)27(41)31(47-23)39-12-21(29(35)42)24-28(34)36-16(3)37-30(24)39/h4-12,15,17-20,22-23,25-27,31,40-41H,13-14H2,1-3H3,(H2,35,42)(H,38,44)(H2,34,36,37)/t17?,18?,19?,20?,22?,23-,25+,26-,27-,31-/m1/s1. The number of esters is 1. The molecular weight excluding hydrogens is 608 g/mol. The molecule has 6 rings (SSSR count). The lowest BCUT2D eigenvalue weighted by Crippen LogP contribution is -2.47. The van der Waals surface area contributed by atoms with Crippen molar-refractivity contribution in [2.75, 3.05) is 18.9 Å². The van der Waals surface area contributed by atoms with Crippen molar-refractivity contribution in [3.8, 4) is 0 Å². The number of alkyl carbamates (subject to hydrolysis) is 1. The molecule has 14 heteroatoms. The van der Waals surface area contributed by atoms with Crippen molar-refractivity contribution >= 4 is 34.8 Å². The van der Waals surface area contributed by atoms with Gasteiger partial charge in [0.05, 0.1) is 17.6 Å². The number of rotatable bonds is 9. The smallest absolute Gasteiger partial charge is 0.407 e. The lowest BCUT2D eigenvalue weighted by atomic mass is 9.83. The third-order valence-corrected chi connectivity index (χ3v) is 9.56. The van der Waals surface area contributed by atoms with E-state index in [1.807, 2.05) is 12.2 Å². The molecule has 2 fully saturated rings. The van der Waals surface area contributed by atoms with E-state index in [0.29, 0.717) is 17.7 Å². The number of nitrogens with zero attached hydrogens (tertiary/aromatic N) is 3. The Morgan fingerprint density at radius 3 is 2.17 bits per heavy atom. The van der Waals surface area contributed by atoms with Crippen LogP contribution in [0.3, 0.4) is 0 Å². The zero-order chi connectivity index (χ0) is 33.6. The highest BCUT2D eigenvalue weighted by molar-refractivity contribution is 6.08. The maximum atomic E-state index is 13.2. The topological polar surface area (TPSA) is 214 Å². The van der Waals surface area contributed by atoms with Gasteiger partial charge in [0.15, 0.2) is 6.23 Å². The summed E-state index contributed by atoms with van der Waals surface area (Å²) in [6.45, 7) is 4.86. The van der Waals surface area contributed by atoms with E-state index in [1.165, 1.54) is 10.8 Å². The molecule has 2 aromatic rings. The average Bonchev–Trinajstić information content (AvgIpc) is 3.67. The van der Waals surface area contributed by atoms with Gasteiger partial charge >= 0.3 is 12.1 Å². The van der Waals surface area contributed by atoms with E-state index in [1.54, 1.807) is 20.8 Å². The first-order valence-corrected chi connectivity index (χ1v) is 15.7. The minimum absolute atomic E-state index is 0.0158. The SMILES string of the molecule is Cc1nc(N)c2c(C(N)=O)cn([C@@H]3O[C@H](COC(=O)[C@@H](NC(=O)OCC4C5C=CC=CC5C5C=CC=CC54)C(C)C)[C@@H](O)[C@H]3O)c2n1. The third-order valence-electron chi connectivity index (χ3n) is 9.56. The number of primary amides is 1. The van der Waals surface area contributed by atoms with Crippen LogP contribution in [0.25, 0.3) is 11.0 Å². The molecule has 3 heterocycles. The van der Waals surface area contributed by atoms with Crippen LogP contribution in [0.2, 0.25) is 0 Å². The van der Waals surface area contributed by atoms with Gasteiger partial charge in [-0.3, -0.25) is 4.79 Å². The molecule has 2 aromatic heterocycles. The number of aromatic nitrogens is 3. The van der Waals surface area contributed by atoms with Crippen LogP contribution in [0.5, 0.6) is 0 Å². The number of carbonyl (C=O) groups excluding carboxylic acids is 3. The van der Waals surface area contributed by atoms with Gasteiger partial charge in [-0.25, -0.2) is 19.6 Å². The average molecular weight is 649 g/mol. The van der Waals surface area contributed by atoms with Gasteiger partial charge < -0.3 is 45.8 Å². The van der Waals surface area contributed by atoms with Crippen molar-refractivity contribution in [1.29, 1.82) is 0 Å². The second kappa shape index (κ2) is 12.9. The fourth-order valence-corrected chi connectivity index (χ4v) is 7.25. The fraction of sp³-hybridized carbons (Fsp3) is 0.485. The molecule has 1 saturated heterocycles. The number of hydrogen-bond donors (Lipinski definition) is 5.